The molecule has 1 nitrogen and oxygen atoms in total. The van der Waals surface area contributed by atoms with Gasteiger partial charge in [0.05, 0.1) is 6.51 Å². The van der Waals surface area contributed by atoms with Crippen molar-refractivity contribution in [2.75, 3.05) is 6.51 Å². The summed E-state index contributed by atoms with van der Waals surface area (Å²) in [5.41, 5.74) is 0.653. The summed E-state index contributed by atoms with van der Waals surface area (Å²) < 4.78 is 40.6. The molecule has 0 saturated heterocycles. The van der Waals surface area contributed by atoms with Gasteiger partial charge in [0.1, 0.15) is 5.75 Å². The summed E-state index contributed by atoms with van der Waals surface area (Å²) >= 11 is 0. The van der Waals surface area contributed by atoms with E-state index in [0.717, 1.165) is 0 Å². The minimum Gasteiger partial charge on any atom is -0.521 e. The number of hydrogen-bond acceptors (Lipinski definition) is 1. The van der Waals surface area contributed by atoms with Crippen LogP contribution in [0.2, 0.25) is 0 Å². The number of ether oxygens (including phenoxy) is 1. The van der Waals surface area contributed by atoms with Crippen molar-refractivity contribution in [1.82, 2.24) is 0 Å². The number of benzene rings is 1. The van der Waals surface area contributed by atoms with Gasteiger partial charge < -0.3 is 17.7 Å². The summed E-state index contributed by atoms with van der Waals surface area (Å²) in [6, 6.07) is 6.63. The molecule has 0 heterocycles. The molecule has 0 aliphatic rings. The van der Waals surface area contributed by atoms with Crippen LogP contribution < -0.4 is 4.74 Å². The molecule has 0 aliphatic carbocycles. The van der Waals surface area contributed by atoms with Gasteiger partial charge in [-0.25, -0.2) is 0 Å². The van der Waals surface area contributed by atoms with E-state index in [0.29, 0.717) is 5.56 Å². The minimum atomic E-state index is -4.90. The molecule has 5 heteroatoms. The normalized spacial score (nSPS) is 12.0. The standard InChI is InChI=1S/C10H11BF3O/c1-2-5-9-6-3-4-7-10(9)15-8-11(12,13)14/h2-7H,8H2,1H3/q-1. The van der Waals surface area contributed by atoms with Crippen LogP contribution in [0, 0.1) is 0 Å². The number of para-hydroxylation sites is 1. The van der Waals surface area contributed by atoms with E-state index < -0.39 is 13.5 Å². The van der Waals surface area contributed by atoms with Crippen LogP contribution in [0.4, 0.5) is 12.9 Å². The Morgan fingerprint density at radius 2 is 1.93 bits per heavy atom. The highest BCUT2D eigenvalue weighted by Gasteiger charge is 2.24. The zero-order valence-corrected chi connectivity index (χ0v) is 8.29. The molecule has 0 N–H and O–H groups in total. The van der Waals surface area contributed by atoms with E-state index in [4.69, 9.17) is 4.74 Å². The first kappa shape index (κ1) is 11.7. The number of allylic oxidation sites excluding steroid dienone is 1. The van der Waals surface area contributed by atoms with Crippen LogP contribution in [0.3, 0.4) is 0 Å². The largest absolute Gasteiger partial charge is 0.521 e. The molecule has 1 rings (SSSR count). The molecule has 0 spiro atoms. The van der Waals surface area contributed by atoms with Gasteiger partial charge in [-0.2, -0.15) is 0 Å². The molecular formula is C10H11BF3O-. The van der Waals surface area contributed by atoms with Gasteiger partial charge in [0.25, 0.3) is 0 Å². The lowest BCUT2D eigenvalue weighted by Crippen LogP contribution is -2.26. The first-order valence-electron chi connectivity index (χ1n) is 4.58. The molecule has 0 radical (unpaired) electrons. The number of hydrogen-bond donors (Lipinski definition) is 0. The second-order valence-electron chi connectivity index (χ2n) is 3.06. The van der Waals surface area contributed by atoms with Crippen LogP contribution >= 0.6 is 0 Å². The molecule has 0 bridgehead atoms. The Morgan fingerprint density at radius 1 is 1.27 bits per heavy atom. The monoisotopic (exact) mass is 215 g/mol. The van der Waals surface area contributed by atoms with Gasteiger partial charge in [0, 0.05) is 5.56 Å². The number of rotatable bonds is 4. The first-order chi connectivity index (χ1) is 7.03. The summed E-state index contributed by atoms with van der Waals surface area (Å²) in [6.07, 6.45) is 3.46. The third kappa shape index (κ3) is 4.10. The smallest absolute Gasteiger partial charge is 0.515 e. The van der Waals surface area contributed by atoms with Gasteiger partial charge in [0.2, 0.25) is 0 Å². The molecule has 0 fully saturated rings. The Morgan fingerprint density at radius 3 is 2.53 bits per heavy atom. The van der Waals surface area contributed by atoms with Crippen LogP contribution in [0.5, 0.6) is 5.75 Å². The molecule has 0 aliphatic heterocycles. The van der Waals surface area contributed by atoms with Crippen molar-refractivity contribution in [3.63, 3.8) is 0 Å². The van der Waals surface area contributed by atoms with Gasteiger partial charge in [-0.15, -0.1) is 0 Å². The van der Waals surface area contributed by atoms with Gasteiger partial charge >= 0.3 is 6.98 Å². The molecule has 0 atom stereocenters. The predicted molar refractivity (Wildman–Crippen MR) is 55.7 cm³/mol. The van der Waals surface area contributed by atoms with E-state index in [1.165, 1.54) is 6.07 Å². The lowest BCUT2D eigenvalue weighted by Gasteiger charge is -2.16. The van der Waals surface area contributed by atoms with E-state index in [9.17, 15) is 12.9 Å². The van der Waals surface area contributed by atoms with E-state index >= 15 is 0 Å². The zero-order valence-electron chi connectivity index (χ0n) is 8.29. The highest BCUT2D eigenvalue weighted by molar-refractivity contribution is 6.58. The maximum absolute atomic E-state index is 12.0. The Bertz CT molecular complexity index is 347. The molecule has 82 valence electrons. The van der Waals surface area contributed by atoms with Crippen molar-refractivity contribution >= 4 is 13.1 Å². The van der Waals surface area contributed by atoms with Gasteiger partial charge in [-0.3, -0.25) is 0 Å². The van der Waals surface area contributed by atoms with Crippen molar-refractivity contribution in [3.8, 4) is 5.75 Å². The minimum absolute atomic E-state index is 0.259. The molecule has 0 aromatic heterocycles. The van der Waals surface area contributed by atoms with Crippen molar-refractivity contribution < 1.29 is 17.7 Å². The Kier molecular flexibility index (Phi) is 3.83. The van der Waals surface area contributed by atoms with E-state index in [-0.39, 0.29) is 5.75 Å². The predicted octanol–water partition coefficient (Wildman–Crippen LogP) is 3.49. The fraction of sp³-hybridized carbons (Fsp3) is 0.200. The van der Waals surface area contributed by atoms with Gasteiger partial charge in [-0.1, -0.05) is 30.4 Å². The van der Waals surface area contributed by atoms with Crippen LogP contribution in [0.1, 0.15) is 12.5 Å². The maximum atomic E-state index is 12.0. The molecule has 0 saturated carbocycles. The average Bonchev–Trinajstić information content (AvgIpc) is 2.16. The number of halogens is 3. The summed E-state index contributed by atoms with van der Waals surface area (Å²) in [4.78, 5) is 0. The lowest BCUT2D eigenvalue weighted by atomic mass is 9.95. The first-order valence-corrected chi connectivity index (χ1v) is 4.58. The summed E-state index contributed by atoms with van der Waals surface area (Å²) in [6.45, 7) is -4.30. The SMILES string of the molecule is CC=Cc1ccccc1OC[B-](F)(F)F. The fourth-order valence-electron chi connectivity index (χ4n) is 1.11. The van der Waals surface area contributed by atoms with E-state index in [1.807, 2.05) is 0 Å². The molecule has 1 aromatic carbocycles. The third-order valence-electron chi connectivity index (χ3n) is 1.69. The van der Waals surface area contributed by atoms with Crippen molar-refractivity contribution in [2.24, 2.45) is 0 Å². The van der Waals surface area contributed by atoms with E-state index in [1.54, 1.807) is 37.3 Å². The van der Waals surface area contributed by atoms with Crippen LogP contribution in [0.25, 0.3) is 6.08 Å². The summed E-state index contributed by atoms with van der Waals surface area (Å²) in [7, 11) is 0. The summed E-state index contributed by atoms with van der Waals surface area (Å²) in [5.74, 6) is 0.259. The molecular weight excluding hydrogens is 204 g/mol. The molecule has 0 amide bonds. The second kappa shape index (κ2) is 4.91. The quantitative estimate of drug-likeness (QED) is 0.698. The van der Waals surface area contributed by atoms with Crippen molar-refractivity contribution in [3.05, 3.63) is 35.9 Å². The Labute approximate surface area is 86.6 Å². The zero-order chi connectivity index (χ0) is 11.3. The highest BCUT2D eigenvalue weighted by atomic mass is 19.4. The molecule has 0 unspecified atom stereocenters. The fourth-order valence-corrected chi connectivity index (χ4v) is 1.11. The summed E-state index contributed by atoms with van der Waals surface area (Å²) in [5, 5.41) is 0. The van der Waals surface area contributed by atoms with Crippen LogP contribution in [-0.2, 0) is 0 Å². The molecule has 1 aromatic rings. The highest BCUT2D eigenvalue weighted by Crippen LogP contribution is 2.21. The van der Waals surface area contributed by atoms with Crippen molar-refractivity contribution in [1.29, 1.82) is 0 Å². The van der Waals surface area contributed by atoms with Crippen LogP contribution in [0.15, 0.2) is 30.3 Å². The second-order valence-corrected chi connectivity index (χ2v) is 3.06. The molecule has 15 heavy (non-hydrogen) atoms. The van der Waals surface area contributed by atoms with Gasteiger partial charge in [0.15, 0.2) is 0 Å². The Hall–Kier alpha value is -1.39. The lowest BCUT2D eigenvalue weighted by molar-refractivity contribution is 0.313. The van der Waals surface area contributed by atoms with Crippen LogP contribution in [-0.4, -0.2) is 13.5 Å². The Balaban J connectivity index is 2.76. The topological polar surface area (TPSA) is 9.23 Å². The van der Waals surface area contributed by atoms with E-state index in [2.05, 4.69) is 0 Å². The maximum Gasteiger partial charge on any atom is 0.515 e. The average molecular weight is 215 g/mol. The van der Waals surface area contributed by atoms with Gasteiger partial charge in [-0.05, 0) is 13.0 Å². The van der Waals surface area contributed by atoms with Crippen molar-refractivity contribution in [2.45, 2.75) is 6.92 Å². The third-order valence-corrected chi connectivity index (χ3v) is 1.69.